The van der Waals surface area contributed by atoms with E-state index in [1.807, 2.05) is 0 Å². The normalized spacial score (nSPS) is 10.1. The van der Waals surface area contributed by atoms with Gasteiger partial charge in [-0.25, -0.2) is 9.97 Å². The van der Waals surface area contributed by atoms with Crippen LogP contribution in [0, 0.1) is 0 Å². The molecule has 0 aliphatic carbocycles. The minimum atomic E-state index is -0.408. The van der Waals surface area contributed by atoms with Crippen molar-refractivity contribution in [1.82, 2.24) is 15.4 Å². The highest BCUT2D eigenvalue weighted by Gasteiger charge is 2.13. The molecule has 0 bridgehead atoms. The summed E-state index contributed by atoms with van der Waals surface area (Å²) in [4.78, 5) is 31.9. The molecule has 0 saturated heterocycles. The molecule has 9 heteroatoms. The number of nitrogens with one attached hydrogen (secondary N) is 3. The largest absolute Gasteiger partial charge is 0.496 e. The number of para-hydroxylation sites is 1. The van der Waals surface area contributed by atoms with Crippen LogP contribution in [-0.2, 0) is 0 Å². The maximum atomic E-state index is 12.4. The number of anilines is 4. The lowest BCUT2D eigenvalue weighted by Crippen LogP contribution is -2.30. The molecule has 0 fully saturated rings. The molecule has 0 spiro atoms. The standard InChI is InChI=1S/C20H20N6O3/c1-12(27)13-7-9-14(10-8-13)24-18-17(21)19(23-11-22-18)25-26-20(28)15-5-3-4-6-16(15)29-2/h3-11H,21H2,1-2H3,(H,26,28)(H2,22,23,24,25). The van der Waals surface area contributed by atoms with Crippen molar-refractivity contribution in [3.8, 4) is 5.75 Å². The third-order valence-electron chi connectivity index (χ3n) is 4.08. The number of benzene rings is 2. The number of nitrogen functional groups attached to an aromatic ring is 1. The van der Waals surface area contributed by atoms with Crippen LogP contribution in [-0.4, -0.2) is 28.8 Å². The molecule has 0 radical (unpaired) electrons. The number of aromatic nitrogens is 2. The lowest BCUT2D eigenvalue weighted by Gasteiger charge is -2.14. The van der Waals surface area contributed by atoms with Gasteiger partial charge in [-0.3, -0.25) is 20.4 Å². The number of ether oxygens (including phenoxy) is 1. The minimum absolute atomic E-state index is 0.0182. The number of nitrogens with two attached hydrogens (primary N) is 1. The number of amides is 1. The third kappa shape index (κ3) is 4.59. The average molecular weight is 392 g/mol. The van der Waals surface area contributed by atoms with Crippen molar-refractivity contribution in [2.75, 3.05) is 23.6 Å². The molecule has 0 aliphatic heterocycles. The van der Waals surface area contributed by atoms with E-state index in [0.29, 0.717) is 28.4 Å². The van der Waals surface area contributed by atoms with Crippen LogP contribution < -0.4 is 26.6 Å². The number of hydrogen-bond acceptors (Lipinski definition) is 8. The molecule has 29 heavy (non-hydrogen) atoms. The van der Waals surface area contributed by atoms with E-state index in [9.17, 15) is 9.59 Å². The molecule has 148 valence electrons. The number of hydrazine groups is 1. The minimum Gasteiger partial charge on any atom is -0.496 e. The van der Waals surface area contributed by atoms with Crippen LogP contribution in [0.15, 0.2) is 54.9 Å². The third-order valence-corrected chi connectivity index (χ3v) is 4.08. The summed E-state index contributed by atoms with van der Waals surface area (Å²) in [6, 6.07) is 13.7. The fourth-order valence-corrected chi connectivity index (χ4v) is 2.54. The van der Waals surface area contributed by atoms with Gasteiger partial charge in [-0.05, 0) is 43.3 Å². The maximum absolute atomic E-state index is 12.4. The monoisotopic (exact) mass is 392 g/mol. The zero-order valence-corrected chi connectivity index (χ0v) is 15.9. The van der Waals surface area contributed by atoms with Crippen molar-refractivity contribution in [2.45, 2.75) is 6.92 Å². The van der Waals surface area contributed by atoms with Crippen LogP contribution in [0.3, 0.4) is 0 Å². The molecule has 9 nitrogen and oxygen atoms in total. The first-order valence-corrected chi connectivity index (χ1v) is 8.67. The summed E-state index contributed by atoms with van der Waals surface area (Å²) in [5, 5.41) is 3.06. The summed E-state index contributed by atoms with van der Waals surface area (Å²) in [6.45, 7) is 1.50. The Morgan fingerprint density at radius 2 is 1.69 bits per heavy atom. The van der Waals surface area contributed by atoms with E-state index in [0.717, 1.165) is 0 Å². The first-order valence-electron chi connectivity index (χ1n) is 8.67. The first kappa shape index (κ1) is 19.6. The molecule has 1 aromatic heterocycles. The summed E-state index contributed by atoms with van der Waals surface area (Å²) >= 11 is 0. The maximum Gasteiger partial charge on any atom is 0.273 e. The van der Waals surface area contributed by atoms with Gasteiger partial charge < -0.3 is 15.8 Å². The molecular weight excluding hydrogens is 372 g/mol. The molecule has 2 aromatic carbocycles. The fraction of sp³-hybridized carbons (Fsp3) is 0.100. The lowest BCUT2D eigenvalue weighted by molar-refractivity contribution is 0.0958. The lowest BCUT2D eigenvalue weighted by atomic mass is 10.1. The molecule has 0 saturated carbocycles. The second-order valence-corrected chi connectivity index (χ2v) is 6.02. The molecule has 0 aliphatic rings. The fourth-order valence-electron chi connectivity index (χ4n) is 2.54. The molecule has 3 rings (SSSR count). The molecule has 0 atom stereocenters. The summed E-state index contributed by atoms with van der Waals surface area (Å²) in [5.74, 6) is 0.597. The van der Waals surface area contributed by atoms with Gasteiger partial charge in [-0.2, -0.15) is 0 Å². The number of Topliss-reactive ketones (excluding diaryl/α,β-unsaturated/α-hetero) is 1. The van der Waals surface area contributed by atoms with Gasteiger partial charge in [-0.1, -0.05) is 12.1 Å². The Kier molecular flexibility index (Phi) is 5.88. The molecular formula is C20H20N6O3. The molecule has 0 unspecified atom stereocenters. The van der Waals surface area contributed by atoms with Crippen molar-refractivity contribution >= 4 is 34.7 Å². The molecule has 5 N–H and O–H groups in total. The second kappa shape index (κ2) is 8.70. The highest BCUT2D eigenvalue weighted by Crippen LogP contribution is 2.25. The van der Waals surface area contributed by atoms with Crippen LogP contribution in [0.2, 0.25) is 0 Å². The van der Waals surface area contributed by atoms with Crippen molar-refractivity contribution in [3.63, 3.8) is 0 Å². The van der Waals surface area contributed by atoms with E-state index in [4.69, 9.17) is 10.5 Å². The van der Waals surface area contributed by atoms with Gasteiger partial charge in [0.2, 0.25) is 0 Å². The Balaban J connectivity index is 1.71. The Morgan fingerprint density at radius 3 is 2.38 bits per heavy atom. The summed E-state index contributed by atoms with van der Waals surface area (Å²) < 4.78 is 5.18. The number of carbonyl (C=O) groups is 2. The van der Waals surface area contributed by atoms with Crippen molar-refractivity contribution in [1.29, 1.82) is 0 Å². The van der Waals surface area contributed by atoms with Crippen molar-refractivity contribution in [2.24, 2.45) is 0 Å². The topological polar surface area (TPSA) is 131 Å². The quantitative estimate of drug-likeness (QED) is 0.357. The van der Waals surface area contributed by atoms with E-state index in [1.54, 1.807) is 48.5 Å². The van der Waals surface area contributed by atoms with Gasteiger partial charge in [0.15, 0.2) is 17.4 Å². The molecule has 1 heterocycles. The number of rotatable bonds is 7. The SMILES string of the molecule is COc1ccccc1C(=O)NNc1ncnc(Nc2ccc(C(C)=O)cc2)c1N. The van der Waals surface area contributed by atoms with Gasteiger partial charge in [0.1, 0.15) is 17.8 Å². The zero-order valence-electron chi connectivity index (χ0n) is 15.9. The van der Waals surface area contributed by atoms with Crippen molar-refractivity contribution < 1.29 is 14.3 Å². The van der Waals surface area contributed by atoms with E-state index in [2.05, 4.69) is 26.1 Å². The average Bonchev–Trinajstić information content (AvgIpc) is 2.74. The van der Waals surface area contributed by atoms with Gasteiger partial charge >= 0.3 is 0 Å². The van der Waals surface area contributed by atoms with E-state index in [-0.39, 0.29) is 17.3 Å². The number of hydrogen-bond donors (Lipinski definition) is 4. The van der Waals surface area contributed by atoms with Gasteiger partial charge in [0.05, 0.1) is 12.7 Å². The molecule has 3 aromatic rings. The predicted octanol–water partition coefficient (Wildman–Crippen LogP) is 2.77. The van der Waals surface area contributed by atoms with E-state index in [1.165, 1.54) is 20.4 Å². The highest BCUT2D eigenvalue weighted by atomic mass is 16.5. The predicted molar refractivity (Wildman–Crippen MR) is 110 cm³/mol. The highest BCUT2D eigenvalue weighted by molar-refractivity contribution is 5.98. The van der Waals surface area contributed by atoms with Crippen LogP contribution in [0.5, 0.6) is 5.75 Å². The number of methoxy groups -OCH3 is 1. The van der Waals surface area contributed by atoms with Gasteiger partial charge in [0, 0.05) is 11.3 Å². The van der Waals surface area contributed by atoms with Crippen LogP contribution in [0.4, 0.5) is 23.0 Å². The van der Waals surface area contributed by atoms with E-state index < -0.39 is 5.91 Å². The number of nitrogens with zero attached hydrogens (tertiary/aromatic N) is 2. The number of ketones is 1. The summed E-state index contributed by atoms with van der Waals surface area (Å²) in [7, 11) is 1.49. The second-order valence-electron chi connectivity index (χ2n) is 6.02. The summed E-state index contributed by atoms with van der Waals surface area (Å²) in [6.07, 6.45) is 1.31. The molecule has 1 amide bonds. The Labute approximate surface area is 167 Å². The Morgan fingerprint density at radius 1 is 1.00 bits per heavy atom. The van der Waals surface area contributed by atoms with Crippen LogP contribution >= 0.6 is 0 Å². The zero-order chi connectivity index (χ0) is 20.8. The van der Waals surface area contributed by atoms with Crippen LogP contribution in [0.25, 0.3) is 0 Å². The first-order chi connectivity index (χ1) is 14.0. The van der Waals surface area contributed by atoms with Crippen LogP contribution in [0.1, 0.15) is 27.6 Å². The number of carbonyl (C=O) groups excluding carboxylic acids is 2. The summed E-state index contributed by atoms with van der Waals surface area (Å²) in [5.41, 5.74) is 13.2. The Hall–Kier alpha value is -4.14. The van der Waals surface area contributed by atoms with Gasteiger partial charge in [0.25, 0.3) is 5.91 Å². The van der Waals surface area contributed by atoms with Crippen molar-refractivity contribution in [3.05, 3.63) is 66.0 Å². The Bertz CT molecular complexity index is 1040. The van der Waals surface area contributed by atoms with Gasteiger partial charge in [-0.15, -0.1) is 0 Å². The van der Waals surface area contributed by atoms with E-state index >= 15 is 0 Å². The smallest absolute Gasteiger partial charge is 0.273 e.